The van der Waals surface area contributed by atoms with E-state index in [2.05, 4.69) is 62.3 Å². The molecule has 0 aliphatic heterocycles. The molecular formula is C21H29NO2Se. The van der Waals surface area contributed by atoms with E-state index in [9.17, 15) is 0 Å². The van der Waals surface area contributed by atoms with Gasteiger partial charge in [-0.25, -0.2) is 0 Å². The fourth-order valence-electron chi connectivity index (χ4n) is 2.78. The minimum absolute atomic E-state index is 0.238. The van der Waals surface area contributed by atoms with Gasteiger partial charge < -0.3 is 0 Å². The third-order valence-corrected chi connectivity index (χ3v) is 7.01. The third-order valence-electron chi connectivity index (χ3n) is 4.48. The molecule has 0 bridgehead atoms. The van der Waals surface area contributed by atoms with Crippen molar-refractivity contribution in [2.75, 3.05) is 27.8 Å². The van der Waals surface area contributed by atoms with Gasteiger partial charge in [-0.05, 0) is 0 Å². The molecule has 2 atom stereocenters. The van der Waals surface area contributed by atoms with Gasteiger partial charge in [0.05, 0.1) is 0 Å². The Balaban J connectivity index is 2.28. The summed E-state index contributed by atoms with van der Waals surface area (Å²) in [4.78, 5) is 2.25. The molecule has 0 N–H and O–H groups in total. The Morgan fingerprint density at radius 3 is 2.28 bits per heavy atom. The fourth-order valence-corrected chi connectivity index (χ4v) is 5.49. The van der Waals surface area contributed by atoms with Gasteiger partial charge in [-0.3, -0.25) is 0 Å². The van der Waals surface area contributed by atoms with Crippen LogP contribution >= 0.6 is 0 Å². The first-order chi connectivity index (χ1) is 12.0. The monoisotopic (exact) mass is 407 g/mol. The number of hydrogen-bond donors (Lipinski definition) is 0. The van der Waals surface area contributed by atoms with Crippen LogP contribution in [0.5, 0.6) is 0 Å². The van der Waals surface area contributed by atoms with Crippen molar-refractivity contribution in [2.24, 2.45) is 0 Å². The van der Waals surface area contributed by atoms with E-state index in [-0.39, 0.29) is 15.0 Å². The Hall–Kier alpha value is -1.16. The summed E-state index contributed by atoms with van der Waals surface area (Å²) in [5.74, 6) is -0.676. The summed E-state index contributed by atoms with van der Waals surface area (Å²) in [5.41, 5.74) is 2.47. The van der Waals surface area contributed by atoms with Crippen molar-refractivity contribution in [1.82, 2.24) is 4.90 Å². The van der Waals surface area contributed by atoms with Gasteiger partial charge in [0.15, 0.2) is 0 Å². The van der Waals surface area contributed by atoms with Crippen LogP contribution in [-0.4, -0.2) is 47.7 Å². The van der Waals surface area contributed by atoms with E-state index in [4.69, 9.17) is 9.47 Å². The summed E-state index contributed by atoms with van der Waals surface area (Å²) in [5, 5.41) is 0.839. The van der Waals surface area contributed by atoms with Gasteiger partial charge in [-0.2, -0.15) is 0 Å². The molecule has 0 saturated carbocycles. The van der Waals surface area contributed by atoms with Gasteiger partial charge in [0.2, 0.25) is 0 Å². The van der Waals surface area contributed by atoms with E-state index in [1.807, 2.05) is 25.1 Å². The standard InChI is InChI=1S/C21H29NO2Se/c1-6-24-21(23-5,18-12-8-7-9-13-18)16-25-20-15-11-10-14-19(20)17(2)22(3)4/h7-15,17H,6,16H2,1-5H3/t17-,21+/m1/s1. The second-order valence-electron chi connectivity index (χ2n) is 6.22. The number of ether oxygens (including phenoxy) is 2. The summed E-state index contributed by atoms with van der Waals surface area (Å²) in [6.45, 7) is 4.89. The Bertz CT molecular complexity index is 647. The first-order valence-electron chi connectivity index (χ1n) is 8.67. The molecule has 0 fully saturated rings. The van der Waals surface area contributed by atoms with Crippen LogP contribution in [0, 0.1) is 0 Å². The van der Waals surface area contributed by atoms with Crippen molar-refractivity contribution in [3.8, 4) is 0 Å². The van der Waals surface area contributed by atoms with Crippen LogP contribution in [0.2, 0.25) is 5.32 Å². The first kappa shape index (κ1) is 20.2. The normalized spacial score (nSPS) is 15.1. The zero-order valence-corrected chi connectivity index (χ0v) is 17.6. The maximum absolute atomic E-state index is 6.12. The maximum atomic E-state index is 6.12. The summed E-state index contributed by atoms with van der Waals surface area (Å²) >= 11 is 0.238. The SMILES string of the molecule is CCO[C@](C[Se]c1ccccc1[C@@H](C)N(C)C)(OC)c1ccccc1. The summed E-state index contributed by atoms with van der Waals surface area (Å²) in [7, 11) is 5.99. The molecule has 0 heterocycles. The summed E-state index contributed by atoms with van der Waals surface area (Å²) < 4.78 is 13.4. The molecule has 4 heteroatoms. The Morgan fingerprint density at radius 2 is 1.68 bits per heavy atom. The van der Waals surface area contributed by atoms with Crippen molar-refractivity contribution in [3.63, 3.8) is 0 Å². The zero-order chi connectivity index (χ0) is 18.3. The van der Waals surface area contributed by atoms with Gasteiger partial charge in [-0.15, -0.1) is 0 Å². The molecular weight excluding hydrogens is 377 g/mol. The van der Waals surface area contributed by atoms with Crippen LogP contribution in [0.1, 0.15) is 31.0 Å². The molecule has 0 spiro atoms. The van der Waals surface area contributed by atoms with Crippen LogP contribution in [-0.2, 0) is 15.3 Å². The van der Waals surface area contributed by atoms with Crippen molar-refractivity contribution in [2.45, 2.75) is 31.0 Å². The van der Waals surface area contributed by atoms with E-state index in [0.717, 1.165) is 10.9 Å². The average Bonchev–Trinajstić information content (AvgIpc) is 2.65. The number of methoxy groups -OCH3 is 1. The van der Waals surface area contributed by atoms with Crippen LogP contribution in [0.3, 0.4) is 0 Å². The number of nitrogens with zero attached hydrogens (tertiary/aromatic N) is 1. The van der Waals surface area contributed by atoms with Gasteiger partial charge in [-0.1, -0.05) is 0 Å². The molecule has 2 aromatic carbocycles. The summed E-state index contributed by atoms with van der Waals surface area (Å²) in [6, 6.07) is 19.4. The van der Waals surface area contributed by atoms with Crippen LogP contribution in [0.25, 0.3) is 0 Å². The Morgan fingerprint density at radius 1 is 1.04 bits per heavy atom. The molecule has 2 rings (SSSR count). The van der Waals surface area contributed by atoms with Gasteiger partial charge >= 0.3 is 158 Å². The average molecular weight is 406 g/mol. The Kier molecular flexibility index (Phi) is 7.67. The van der Waals surface area contributed by atoms with Crippen LogP contribution in [0.4, 0.5) is 0 Å². The van der Waals surface area contributed by atoms with Gasteiger partial charge in [0.25, 0.3) is 0 Å². The van der Waals surface area contributed by atoms with Crippen molar-refractivity contribution in [3.05, 3.63) is 65.7 Å². The topological polar surface area (TPSA) is 21.7 Å². The molecule has 0 unspecified atom stereocenters. The summed E-state index contributed by atoms with van der Waals surface area (Å²) in [6.07, 6.45) is 0. The van der Waals surface area contributed by atoms with E-state index in [0.29, 0.717) is 12.6 Å². The quantitative estimate of drug-likeness (QED) is 0.469. The van der Waals surface area contributed by atoms with Gasteiger partial charge in [0, 0.05) is 0 Å². The first-order valence-corrected chi connectivity index (χ1v) is 10.7. The molecule has 2 aromatic rings. The van der Waals surface area contributed by atoms with Gasteiger partial charge in [0.1, 0.15) is 0 Å². The minimum atomic E-state index is -0.676. The molecule has 3 nitrogen and oxygen atoms in total. The molecule has 0 aliphatic carbocycles. The van der Waals surface area contributed by atoms with E-state index in [1.54, 1.807) is 7.11 Å². The van der Waals surface area contributed by atoms with E-state index < -0.39 is 5.79 Å². The second-order valence-corrected chi connectivity index (χ2v) is 8.36. The molecule has 0 amide bonds. The second kappa shape index (κ2) is 9.51. The van der Waals surface area contributed by atoms with Crippen molar-refractivity contribution in [1.29, 1.82) is 0 Å². The molecule has 136 valence electrons. The molecule has 0 saturated heterocycles. The molecule has 25 heavy (non-hydrogen) atoms. The number of rotatable bonds is 9. The third kappa shape index (κ3) is 4.93. The van der Waals surface area contributed by atoms with Crippen LogP contribution in [0.15, 0.2) is 54.6 Å². The predicted molar refractivity (Wildman–Crippen MR) is 105 cm³/mol. The predicted octanol–water partition coefficient (Wildman–Crippen LogP) is 3.59. The fraction of sp³-hybridized carbons (Fsp3) is 0.429. The number of hydrogen-bond acceptors (Lipinski definition) is 3. The van der Waals surface area contributed by atoms with Crippen molar-refractivity contribution >= 4 is 19.4 Å². The van der Waals surface area contributed by atoms with Crippen molar-refractivity contribution < 1.29 is 9.47 Å². The molecule has 0 aliphatic rings. The van der Waals surface area contributed by atoms with E-state index in [1.165, 1.54) is 10.0 Å². The van der Waals surface area contributed by atoms with Crippen LogP contribution < -0.4 is 4.46 Å². The number of benzene rings is 2. The van der Waals surface area contributed by atoms with E-state index >= 15 is 0 Å². The zero-order valence-electron chi connectivity index (χ0n) is 15.9. The Labute approximate surface area is 158 Å². The molecule has 0 radical (unpaired) electrons. The molecule has 0 aromatic heterocycles.